The molecule has 1 unspecified atom stereocenters. The summed E-state index contributed by atoms with van der Waals surface area (Å²) in [5, 5.41) is 24.1. The first-order valence-corrected chi connectivity index (χ1v) is 14.0. The van der Waals surface area contributed by atoms with Crippen LogP contribution in [0.1, 0.15) is 78.2 Å². The number of carbonyl (C=O) groups excluding carboxylic acids is 2. The van der Waals surface area contributed by atoms with Gasteiger partial charge in [0.05, 0.1) is 23.7 Å². The lowest BCUT2D eigenvalue weighted by molar-refractivity contribution is -0.131. The van der Waals surface area contributed by atoms with Crippen LogP contribution < -0.4 is 11.1 Å². The zero-order valence-corrected chi connectivity index (χ0v) is 26.7. The number of aryl methyl sites for hydroxylation is 1. The highest BCUT2D eigenvalue weighted by Gasteiger charge is 2.35. The van der Waals surface area contributed by atoms with Crippen molar-refractivity contribution in [1.82, 2.24) is 20.0 Å². The van der Waals surface area contributed by atoms with Crippen LogP contribution in [-0.4, -0.2) is 82.4 Å². The van der Waals surface area contributed by atoms with Gasteiger partial charge in [-0.2, -0.15) is 5.10 Å². The quantitative estimate of drug-likeness (QED) is 0.175. The highest BCUT2D eigenvalue weighted by Crippen LogP contribution is 2.23. The lowest BCUT2D eigenvalue weighted by Crippen LogP contribution is -2.57. The van der Waals surface area contributed by atoms with Crippen LogP contribution in [0.2, 0.25) is 0 Å². The van der Waals surface area contributed by atoms with Gasteiger partial charge in [-0.05, 0) is 71.1 Å². The first-order chi connectivity index (χ1) is 19.1. The zero-order valence-electron chi connectivity index (χ0n) is 26.7. The minimum atomic E-state index is -0.573. The fourth-order valence-electron chi connectivity index (χ4n) is 3.97. The average Bonchev–Trinajstić information content (AvgIpc) is 3.22. The van der Waals surface area contributed by atoms with E-state index in [1.807, 2.05) is 74.8 Å². The maximum absolute atomic E-state index is 12.1. The summed E-state index contributed by atoms with van der Waals surface area (Å²) in [6.07, 6.45) is 5.82. The Morgan fingerprint density at radius 2 is 1.73 bits per heavy atom. The van der Waals surface area contributed by atoms with E-state index < -0.39 is 5.54 Å². The van der Waals surface area contributed by atoms with Gasteiger partial charge >= 0.3 is 0 Å². The van der Waals surface area contributed by atoms with E-state index in [0.29, 0.717) is 5.69 Å². The fourth-order valence-corrected chi connectivity index (χ4v) is 3.97. The van der Waals surface area contributed by atoms with Crippen molar-refractivity contribution in [2.24, 2.45) is 17.1 Å². The Bertz CT molecular complexity index is 1030. The van der Waals surface area contributed by atoms with Crippen molar-refractivity contribution in [3.05, 3.63) is 42.6 Å². The predicted molar refractivity (Wildman–Crippen MR) is 168 cm³/mol. The molecule has 0 fully saturated rings. The molecule has 1 atom stereocenters. The van der Waals surface area contributed by atoms with E-state index in [-0.39, 0.29) is 30.4 Å². The molecule has 1 aromatic carbocycles. The second kappa shape index (κ2) is 20.7. The van der Waals surface area contributed by atoms with Crippen molar-refractivity contribution in [2.45, 2.75) is 85.9 Å². The molecule has 0 aliphatic carbocycles. The summed E-state index contributed by atoms with van der Waals surface area (Å²) >= 11 is 0. The minimum Gasteiger partial charge on any atom is -0.483 e. The third-order valence-corrected chi connectivity index (χ3v) is 5.76. The minimum absolute atomic E-state index is 0.0449. The molecule has 0 bridgehead atoms. The summed E-state index contributed by atoms with van der Waals surface area (Å²) in [6.45, 7) is 19.1. The molecule has 0 aliphatic rings. The second-order valence-corrected chi connectivity index (χ2v) is 12.0. The number of hydrogen-bond donors (Lipinski definition) is 4. The Labute approximate surface area is 247 Å². The second-order valence-electron chi connectivity index (χ2n) is 12.0. The number of aliphatic hydroxyl groups is 1. The third kappa shape index (κ3) is 16.7. The number of fused-ring (bicyclic) bond motifs is 1. The van der Waals surface area contributed by atoms with E-state index in [1.165, 1.54) is 0 Å². The van der Waals surface area contributed by atoms with Gasteiger partial charge in [0.15, 0.2) is 6.29 Å². The molecule has 5 N–H and O–H groups in total. The lowest BCUT2D eigenvalue weighted by atomic mass is 9.85. The Hall–Kier alpha value is -3.08. The number of aldehydes is 1. The van der Waals surface area contributed by atoms with E-state index in [9.17, 15) is 9.59 Å². The number of unbranched alkanes of at least 4 members (excludes halogenated alkanes) is 1. The number of nitrogens with one attached hydrogen (secondary N) is 1. The monoisotopic (exact) mass is 577 g/mol. The maximum atomic E-state index is 12.1. The van der Waals surface area contributed by atoms with Gasteiger partial charge in [0.1, 0.15) is 5.69 Å². The Morgan fingerprint density at radius 3 is 2.12 bits per heavy atom. The largest absolute Gasteiger partial charge is 0.483 e. The van der Waals surface area contributed by atoms with Gasteiger partial charge in [0, 0.05) is 11.9 Å². The van der Waals surface area contributed by atoms with Crippen LogP contribution in [0.4, 0.5) is 0 Å². The predicted octanol–water partition coefficient (Wildman–Crippen LogP) is 4.36. The van der Waals surface area contributed by atoms with E-state index >= 15 is 0 Å². The van der Waals surface area contributed by atoms with Crippen LogP contribution in [0, 0.1) is 11.3 Å². The number of allylic oxidation sites excluding steroid dienone is 1. The summed E-state index contributed by atoms with van der Waals surface area (Å²) in [4.78, 5) is 33.3. The van der Waals surface area contributed by atoms with Gasteiger partial charge in [0.2, 0.25) is 5.91 Å². The first kappa shape index (κ1) is 40.1. The highest BCUT2D eigenvalue weighted by molar-refractivity contribution is 5.95. The number of nitrogens with zero attached hydrogens (tertiary/aromatic N) is 3. The molecule has 0 saturated carbocycles. The molecule has 234 valence electrons. The standard InChI is InChI=1S/C13H14N2O.C12H26N2O2.C5H13N.CH2O2/c1-2-3-6-9-15-13-8-5-4-7-11(13)12(10-16)14-15;1-11(2,3)9(14(6)7)10(16)13-12(4,5)8-15;1-5(2)3-4-6;2-1-3/h2,4-5,7-8,10H,1,3,6,9H2;9,15H,8H2,1-7H3,(H,13,16);5H,3-4,6H2,1-2H3;1H,(H,2,3). The van der Waals surface area contributed by atoms with Crippen LogP contribution in [0.3, 0.4) is 0 Å². The number of amides is 1. The molecular weight excluding hydrogens is 522 g/mol. The number of rotatable bonds is 11. The topological polar surface area (TPSA) is 151 Å². The van der Waals surface area contributed by atoms with E-state index in [1.54, 1.807) is 13.8 Å². The Morgan fingerprint density at radius 1 is 1.17 bits per heavy atom. The number of carboxylic acid groups (broad SMARTS) is 1. The molecule has 0 spiro atoms. The molecule has 1 amide bonds. The van der Waals surface area contributed by atoms with Crippen molar-refractivity contribution in [3.8, 4) is 0 Å². The summed E-state index contributed by atoms with van der Waals surface area (Å²) in [6, 6.07) is 7.59. The lowest BCUT2D eigenvalue weighted by Gasteiger charge is -2.37. The molecule has 0 saturated heterocycles. The molecule has 41 heavy (non-hydrogen) atoms. The third-order valence-electron chi connectivity index (χ3n) is 5.76. The first-order valence-electron chi connectivity index (χ1n) is 14.0. The summed E-state index contributed by atoms with van der Waals surface area (Å²) in [5.74, 6) is 0.728. The van der Waals surface area contributed by atoms with Crippen molar-refractivity contribution in [2.75, 3.05) is 27.2 Å². The van der Waals surface area contributed by atoms with E-state index in [0.717, 1.165) is 55.5 Å². The number of aromatic nitrogens is 2. The van der Waals surface area contributed by atoms with E-state index in [4.69, 9.17) is 20.7 Å². The van der Waals surface area contributed by atoms with E-state index in [2.05, 4.69) is 30.8 Å². The Kier molecular flexibility index (Phi) is 20.3. The summed E-state index contributed by atoms with van der Waals surface area (Å²) in [7, 11) is 3.78. The number of hydrogen-bond acceptors (Lipinski definition) is 7. The molecular formula is C31H55N5O5. The molecule has 10 heteroatoms. The van der Waals surface area contributed by atoms with Crippen molar-refractivity contribution in [1.29, 1.82) is 0 Å². The molecule has 0 aliphatic heterocycles. The van der Waals surface area contributed by atoms with Gasteiger partial charge in [-0.25, -0.2) is 0 Å². The molecule has 10 nitrogen and oxygen atoms in total. The number of likely N-dealkylation sites (N-methyl/N-ethyl adjacent to an activating group) is 1. The van der Waals surface area contributed by atoms with Crippen molar-refractivity contribution < 1.29 is 24.6 Å². The number of aliphatic hydroxyl groups excluding tert-OH is 1. The SMILES string of the molecule is C=CCCCn1nc(C=O)c2ccccc21.CC(C)CCN.CN(C)C(C(=O)NC(C)(C)CO)C(C)(C)C.O=CO. The molecule has 1 aromatic heterocycles. The van der Waals surface area contributed by atoms with Crippen LogP contribution in [0.5, 0.6) is 0 Å². The molecule has 0 radical (unpaired) electrons. The number of nitrogens with two attached hydrogens (primary N) is 1. The van der Waals surface area contributed by atoms with Gasteiger partial charge in [-0.3, -0.25) is 24.0 Å². The van der Waals surface area contributed by atoms with Gasteiger partial charge in [0.25, 0.3) is 6.47 Å². The van der Waals surface area contributed by atoms with Crippen LogP contribution in [0.25, 0.3) is 10.9 Å². The molecule has 2 rings (SSSR count). The number of para-hydroxylation sites is 1. The maximum Gasteiger partial charge on any atom is 0.290 e. The average molecular weight is 578 g/mol. The highest BCUT2D eigenvalue weighted by atomic mass is 16.3. The smallest absolute Gasteiger partial charge is 0.290 e. The number of carbonyl (C=O) groups is 3. The van der Waals surface area contributed by atoms with Crippen LogP contribution >= 0.6 is 0 Å². The van der Waals surface area contributed by atoms with Crippen molar-refractivity contribution >= 4 is 29.6 Å². The molecule has 2 aromatic rings. The number of benzene rings is 1. The van der Waals surface area contributed by atoms with Gasteiger partial charge in [-0.15, -0.1) is 6.58 Å². The Balaban J connectivity index is 0. The fraction of sp³-hybridized carbons (Fsp3) is 0.613. The summed E-state index contributed by atoms with van der Waals surface area (Å²) in [5.41, 5.74) is 6.06. The van der Waals surface area contributed by atoms with Gasteiger partial charge in [-0.1, -0.05) is 58.9 Å². The summed E-state index contributed by atoms with van der Waals surface area (Å²) < 4.78 is 1.89. The molecule has 1 heterocycles. The van der Waals surface area contributed by atoms with Crippen molar-refractivity contribution in [3.63, 3.8) is 0 Å². The van der Waals surface area contributed by atoms with Crippen LogP contribution in [0.15, 0.2) is 36.9 Å². The van der Waals surface area contributed by atoms with Gasteiger partial charge < -0.3 is 21.3 Å². The normalized spacial score (nSPS) is 11.7. The zero-order chi connectivity index (χ0) is 32.2. The van der Waals surface area contributed by atoms with Crippen LogP contribution in [-0.2, 0) is 16.1 Å².